The van der Waals surface area contributed by atoms with E-state index in [0.29, 0.717) is 0 Å². The lowest BCUT2D eigenvalue weighted by Gasteiger charge is -2.23. The second-order valence-electron chi connectivity index (χ2n) is 35.5. The second-order valence-corrected chi connectivity index (χ2v) is 35.5. The van der Waals surface area contributed by atoms with Gasteiger partial charge in [0.25, 0.3) is 0 Å². The van der Waals surface area contributed by atoms with Gasteiger partial charge in [0.05, 0.1) is 0 Å². The van der Waals surface area contributed by atoms with E-state index in [1.807, 2.05) is 0 Å². The van der Waals surface area contributed by atoms with Gasteiger partial charge in [-0.1, -0.05) is 436 Å². The van der Waals surface area contributed by atoms with Crippen molar-refractivity contribution in [3.63, 3.8) is 0 Å². The lowest BCUT2D eigenvalue weighted by atomic mass is 9.80. The number of benzene rings is 22. The highest BCUT2D eigenvalue weighted by molar-refractivity contribution is 6.27. The summed E-state index contributed by atoms with van der Waals surface area (Å²) in [5, 5.41) is 23.2. The van der Waals surface area contributed by atoms with Gasteiger partial charge in [0, 0.05) is 16.2 Å². The van der Waals surface area contributed by atoms with Crippen LogP contribution < -0.4 is 0 Å². The van der Waals surface area contributed by atoms with E-state index in [-0.39, 0.29) is 16.2 Å². The molecule has 0 saturated carbocycles. The number of fused-ring (bicyclic) bond motifs is 19. The van der Waals surface area contributed by atoms with Gasteiger partial charge in [-0.05, 0) is 272 Å². The zero-order valence-electron chi connectivity index (χ0n) is 69.9. The first-order chi connectivity index (χ1) is 60.3. The van der Waals surface area contributed by atoms with Gasteiger partial charge in [-0.3, -0.25) is 0 Å². The molecule has 0 unspecified atom stereocenters. The molecule has 0 aromatic heterocycles. The maximum absolute atomic E-state index is 2.47. The van der Waals surface area contributed by atoms with Crippen molar-refractivity contribution in [1.29, 1.82) is 0 Å². The first-order valence-electron chi connectivity index (χ1n) is 43.4. The van der Waals surface area contributed by atoms with Crippen molar-refractivity contribution in [2.24, 2.45) is 0 Å². The Kier molecular flexibility index (Phi) is 17.1. The van der Waals surface area contributed by atoms with Gasteiger partial charge in [0.1, 0.15) is 0 Å². The van der Waals surface area contributed by atoms with E-state index in [9.17, 15) is 0 Å². The van der Waals surface area contributed by atoms with Crippen LogP contribution in [0.5, 0.6) is 0 Å². The van der Waals surface area contributed by atoms with Crippen molar-refractivity contribution in [1.82, 2.24) is 0 Å². The summed E-state index contributed by atoms with van der Waals surface area (Å²) in [5.74, 6) is 0. The normalized spacial score (nSPS) is 13.5. The third-order valence-corrected chi connectivity index (χ3v) is 27.8. The molecule has 0 radical (unpaired) electrons. The fourth-order valence-corrected chi connectivity index (χ4v) is 21.9. The molecule has 0 saturated heterocycles. The highest BCUT2D eigenvalue weighted by Crippen LogP contribution is 2.57. The molecule has 3 aliphatic rings. The number of rotatable bonds is 7. The van der Waals surface area contributed by atoms with Gasteiger partial charge in [-0.25, -0.2) is 0 Å². The molecule has 0 heterocycles. The Hall–Kier alpha value is -14.8. The van der Waals surface area contributed by atoms with Crippen molar-refractivity contribution in [2.45, 2.75) is 57.8 Å². The molecule has 0 atom stereocenters. The summed E-state index contributed by atoms with van der Waals surface area (Å²) >= 11 is 0. The summed E-state index contributed by atoms with van der Waals surface area (Å²) < 4.78 is 0. The molecule has 22 aromatic rings. The third-order valence-electron chi connectivity index (χ3n) is 27.8. The van der Waals surface area contributed by atoms with Crippen LogP contribution in [0.25, 0.3) is 208 Å². The fourth-order valence-electron chi connectivity index (χ4n) is 21.9. The molecular formula is C123H88. The van der Waals surface area contributed by atoms with Crippen molar-refractivity contribution in [3.05, 3.63) is 458 Å². The first-order valence-corrected chi connectivity index (χ1v) is 43.4. The minimum atomic E-state index is -0.0442. The molecule has 123 heavy (non-hydrogen) atoms. The maximum atomic E-state index is 2.47. The van der Waals surface area contributed by atoms with Crippen molar-refractivity contribution >= 4 is 97.0 Å². The van der Waals surface area contributed by atoms with Crippen molar-refractivity contribution < 1.29 is 0 Å². The molecule has 3 aliphatic carbocycles. The van der Waals surface area contributed by atoms with E-state index in [1.54, 1.807) is 0 Å². The molecule has 0 spiro atoms. The monoisotopic (exact) mass is 1560 g/mol. The zero-order chi connectivity index (χ0) is 82.4. The van der Waals surface area contributed by atoms with E-state index >= 15 is 0 Å². The molecule has 0 N–H and O–H groups in total. The van der Waals surface area contributed by atoms with Gasteiger partial charge in [0.2, 0.25) is 0 Å². The standard InChI is InChI=1S/C43H30.C41H30.C39H28/c1-43(2)39-22-12-11-17-32(39)33-24-23-28(26-40(33)43)41-34-18-7-9-20-36(34)42(37-21-10-8-19-35(37)41)38-25-27-13-3-4-14-29(27)30-15-5-6-16-31(30)38;1-41(2)37-19-11-10-14-31(37)32-25-24-30(26-38(32)41)40-35-17-8-6-15-33(35)39(34-16-7-9-18-36(34)40)29-22-20-28(21-23-29)27-12-4-3-5-13-27;1-39(2)35-18-10-9-13-29(35)30-22-21-28(24-36(30)39)38-33-16-7-5-14-31(33)37(32-15-6-8-17-34(32)38)27-20-19-25-11-3-4-12-26(25)23-27/h3-26H,1-2H3;3-26H,1-2H3;3-24H,1-2H3. The lowest BCUT2D eigenvalue weighted by Crippen LogP contribution is -2.14. The Morgan fingerprint density at radius 1 is 0.122 bits per heavy atom. The smallest absolute Gasteiger partial charge is 0.0159 e. The summed E-state index contributed by atoms with van der Waals surface area (Å²) in [7, 11) is 0. The fraction of sp³-hybridized carbons (Fsp3) is 0.0732. The largest absolute Gasteiger partial charge is 0.0622 e. The molecule has 25 rings (SSSR count). The highest BCUT2D eigenvalue weighted by atomic mass is 14.4. The average molecular weight is 1570 g/mol. The highest BCUT2D eigenvalue weighted by Gasteiger charge is 2.39. The zero-order valence-corrected chi connectivity index (χ0v) is 69.9. The first kappa shape index (κ1) is 73.3. The predicted octanol–water partition coefficient (Wildman–Crippen LogP) is 34.0. The van der Waals surface area contributed by atoms with Crippen LogP contribution in [-0.2, 0) is 16.2 Å². The van der Waals surface area contributed by atoms with E-state index in [0.717, 1.165) is 0 Å². The van der Waals surface area contributed by atoms with E-state index in [1.165, 1.54) is 242 Å². The molecule has 22 aromatic carbocycles. The van der Waals surface area contributed by atoms with Crippen LogP contribution in [0, 0.1) is 0 Å². The van der Waals surface area contributed by atoms with Crippen LogP contribution in [0.2, 0.25) is 0 Å². The van der Waals surface area contributed by atoms with Gasteiger partial charge in [0.15, 0.2) is 0 Å². The SMILES string of the molecule is CC1(C)c2ccccc2-c2ccc(-c3c4ccccc4c(-c4cc5ccccc5c5ccccc45)c4ccccc34)cc21.CC1(C)c2ccccc2-c2ccc(-c3c4ccccc4c(-c4ccc(-c5ccccc5)cc4)c4ccccc34)cc21.CC1(C)c2ccccc2-c2ccc(-c3c4ccccc4c(-c4ccc5ccccc5c4)c4ccccc34)cc21. The number of hydrogen-bond donors (Lipinski definition) is 0. The van der Waals surface area contributed by atoms with Crippen LogP contribution in [0.3, 0.4) is 0 Å². The summed E-state index contributed by atoms with van der Waals surface area (Å²) in [4.78, 5) is 0. The summed E-state index contributed by atoms with van der Waals surface area (Å²) in [6, 6.07) is 157. The van der Waals surface area contributed by atoms with Gasteiger partial charge < -0.3 is 0 Å². The third kappa shape index (κ3) is 11.6. The lowest BCUT2D eigenvalue weighted by molar-refractivity contribution is 0.660. The quantitative estimate of drug-likeness (QED) is 0.110. The Morgan fingerprint density at radius 3 is 0.748 bits per heavy atom. The molecule has 0 bridgehead atoms. The minimum Gasteiger partial charge on any atom is -0.0622 e. The molecular weight excluding hydrogens is 1480 g/mol. The molecule has 580 valence electrons. The molecule has 0 amide bonds. The van der Waals surface area contributed by atoms with Crippen LogP contribution >= 0.6 is 0 Å². The molecule has 0 heteroatoms. The molecule has 0 nitrogen and oxygen atoms in total. The van der Waals surface area contributed by atoms with Crippen LogP contribution in [0.15, 0.2) is 425 Å². The van der Waals surface area contributed by atoms with Crippen LogP contribution in [0.1, 0.15) is 74.9 Å². The molecule has 0 aliphatic heterocycles. The van der Waals surface area contributed by atoms with Gasteiger partial charge >= 0.3 is 0 Å². The maximum Gasteiger partial charge on any atom is 0.0159 e. The molecule has 0 fully saturated rings. The second kappa shape index (κ2) is 28.7. The van der Waals surface area contributed by atoms with E-state index < -0.39 is 0 Å². The number of hydrogen-bond acceptors (Lipinski definition) is 0. The Morgan fingerprint density at radius 2 is 0.366 bits per heavy atom. The average Bonchev–Trinajstić information content (AvgIpc) is 1.60. The van der Waals surface area contributed by atoms with Crippen LogP contribution in [-0.4, -0.2) is 0 Å². The topological polar surface area (TPSA) is 0 Å². The predicted molar refractivity (Wildman–Crippen MR) is 528 cm³/mol. The summed E-state index contributed by atoms with van der Waals surface area (Å²) in [5.41, 5.74) is 34.5. The Labute approximate surface area is 719 Å². The van der Waals surface area contributed by atoms with Crippen LogP contribution in [0.4, 0.5) is 0 Å². The van der Waals surface area contributed by atoms with Gasteiger partial charge in [-0.15, -0.1) is 0 Å². The summed E-state index contributed by atoms with van der Waals surface area (Å²) in [6.07, 6.45) is 0. The Balaban J connectivity index is 0.000000107. The van der Waals surface area contributed by atoms with E-state index in [2.05, 4.69) is 466 Å². The van der Waals surface area contributed by atoms with E-state index in [4.69, 9.17) is 0 Å². The van der Waals surface area contributed by atoms with Gasteiger partial charge in [-0.2, -0.15) is 0 Å². The van der Waals surface area contributed by atoms with Crippen molar-refractivity contribution in [2.75, 3.05) is 0 Å². The summed E-state index contributed by atoms with van der Waals surface area (Å²) in [6.45, 7) is 14.2. The van der Waals surface area contributed by atoms with Crippen molar-refractivity contribution in [3.8, 4) is 111 Å². The Bertz CT molecular complexity index is 7950. The minimum absolute atomic E-state index is 0.0292.